The van der Waals surface area contributed by atoms with Gasteiger partial charge < -0.3 is 9.47 Å². The van der Waals surface area contributed by atoms with Crippen LogP contribution in [-0.4, -0.2) is 53.3 Å². The number of carbonyl (C=O) groups excluding carboxylic acids is 3. The van der Waals surface area contributed by atoms with Crippen molar-refractivity contribution in [1.29, 1.82) is 0 Å². The van der Waals surface area contributed by atoms with E-state index in [0.29, 0.717) is 5.01 Å². The molecule has 0 bridgehead atoms. The lowest BCUT2D eigenvalue weighted by Gasteiger charge is -2.35. The van der Waals surface area contributed by atoms with Crippen LogP contribution in [0, 0.1) is 0 Å². The highest BCUT2D eigenvalue weighted by Gasteiger charge is 2.49. The molecule has 168 valence electrons. The van der Waals surface area contributed by atoms with Crippen LogP contribution in [0.5, 0.6) is 0 Å². The normalized spacial score (nSPS) is 11.3. The first kappa shape index (κ1) is 25.6. The fourth-order valence-corrected chi connectivity index (χ4v) is 3.78. The van der Waals surface area contributed by atoms with Gasteiger partial charge in [-0.3, -0.25) is 13.8 Å². The third-order valence-electron chi connectivity index (χ3n) is 3.23. The third kappa shape index (κ3) is 6.83. The number of hydrazine groups is 1. The number of imide groups is 1. The molecule has 0 aliphatic heterocycles. The highest BCUT2D eigenvalue weighted by Crippen LogP contribution is 2.53. The molecule has 1 aromatic rings. The van der Waals surface area contributed by atoms with Crippen LogP contribution in [0.3, 0.4) is 0 Å². The summed E-state index contributed by atoms with van der Waals surface area (Å²) in [5.41, 5.74) is 0.0418. The minimum Gasteiger partial charge on any atom is -0.445 e. The number of hydrogen-bond donors (Lipinski definition) is 0. The van der Waals surface area contributed by atoms with Crippen LogP contribution >= 0.6 is 7.75 Å². The summed E-state index contributed by atoms with van der Waals surface area (Å²) in [5.74, 6) is -0.971. The molecule has 0 fully saturated rings. The molecule has 0 saturated heterocycles. The lowest BCUT2D eigenvalue weighted by atomic mass is 10.2. The molecule has 0 N–H and O–H groups in total. The van der Waals surface area contributed by atoms with Gasteiger partial charge in [-0.05, 0) is 53.7 Å². The van der Waals surface area contributed by atoms with E-state index in [1.807, 2.05) is 0 Å². The van der Waals surface area contributed by atoms with Gasteiger partial charge in [-0.1, -0.05) is 18.2 Å². The zero-order valence-corrected chi connectivity index (χ0v) is 19.0. The van der Waals surface area contributed by atoms with Crippen molar-refractivity contribution in [2.75, 3.05) is 13.2 Å². The molecule has 0 atom stereocenters. The van der Waals surface area contributed by atoms with Crippen LogP contribution in [0.4, 0.5) is 9.59 Å². The zero-order chi connectivity index (χ0) is 22.9. The topological polar surface area (TPSA) is 112 Å². The van der Waals surface area contributed by atoms with Gasteiger partial charge >= 0.3 is 19.9 Å². The zero-order valence-electron chi connectivity index (χ0n) is 18.1. The first-order chi connectivity index (χ1) is 14.1. The SMILES string of the molecule is CCOP(=O)(OCC)N(C(=O)OC(C)C)N(C(=O)OC(C)C)C(=O)c1ccccc1. The number of rotatable bonds is 8. The van der Waals surface area contributed by atoms with E-state index < -0.39 is 38.0 Å². The second kappa shape index (κ2) is 11.7. The molecule has 1 aromatic carbocycles. The first-order valence-corrected chi connectivity index (χ1v) is 11.1. The molecule has 0 heterocycles. The molecule has 0 saturated carbocycles. The van der Waals surface area contributed by atoms with Gasteiger partial charge in [0.15, 0.2) is 0 Å². The molecule has 10 nitrogen and oxygen atoms in total. The van der Waals surface area contributed by atoms with Gasteiger partial charge in [-0.25, -0.2) is 14.2 Å². The molecule has 0 aliphatic carbocycles. The van der Waals surface area contributed by atoms with E-state index in [9.17, 15) is 18.9 Å². The monoisotopic (exact) mass is 444 g/mol. The van der Waals surface area contributed by atoms with Crippen molar-refractivity contribution in [2.45, 2.75) is 53.8 Å². The first-order valence-electron chi connectivity index (χ1n) is 9.57. The largest absolute Gasteiger partial charge is 0.459 e. The molecule has 0 radical (unpaired) electrons. The summed E-state index contributed by atoms with van der Waals surface area (Å²) in [6.07, 6.45) is -3.78. The number of hydrogen-bond acceptors (Lipinski definition) is 8. The number of amides is 3. The molecule has 30 heavy (non-hydrogen) atoms. The second-order valence-corrected chi connectivity index (χ2v) is 8.27. The molecule has 0 unspecified atom stereocenters. The Hall–Kier alpha value is -2.42. The fourth-order valence-electron chi connectivity index (χ4n) is 2.21. The van der Waals surface area contributed by atoms with Crippen molar-refractivity contribution in [1.82, 2.24) is 9.79 Å². The lowest BCUT2D eigenvalue weighted by Crippen LogP contribution is -2.52. The molecule has 11 heteroatoms. The Morgan fingerprint density at radius 1 is 0.867 bits per heavy atom. The Morgan fingerprint density at radius 3 is 1.77 bits per heavy atom. The third-order valence-corrected chi connectivity index (χ3v) is 5.20. The van der Waals surface area contributed by atoms with Crippen LogP contribution in [0.2, 0.25) is 0 Å². The van der Waals surface area contributed by atoms with Crippen LogP contribution < -0.4 is 0 Å². The van der Waals surface area contributed by atoms with Gasteiger partial charge in [0.2, 0.25) is 0 Å². The van der Waals surface area contributed by atoms with Crippen LogP contribution in [0.15, 0.2) is 30.3 Å². The maximum absolute atomic E-state index is 13.5. The summed E-state index contributed by atoms with van der Waals surface area (Å²) >= 11 is 0. The van der Waals surface area contributed by atoms with E-state index in [1.165, 1.54) is 26.0 Å². The Kier molecular flexibility index (Phi) is 9.98. The van der Waals surface area contributed by atoms with Crippen molar-refractivity contribution in [2.24, 2.45) is 0 Å². The summed E-state index contributed by atoms with van der Waals surface area (Å²) < 4.78 is 34.4. The molecular weight excluding hydrogens is 415 g/mol. The molecule has 0 spiro atoms. The van der Waals surface area contributed by atoms with Crippen molar-refractivity contribution in [3.05, 3.63) is 35.9 Å². The van der Waals surface area contributed by atoms with Crippen LogP contribution in [0.25, 0.3) is 0 Å². The van der Waals surface area contributed by atoms with Gasteiger partial charge in [0.05, 0.1) is 25.4 Å². The van der Waals surface area contributed by atoms with E-state index in [4.69, 9.17) is 18.5 Å². The molecule has 0 aliphatic rings. The standard InChI is InChI=1S/C19H29N2O8P/c1-7-26-30(25,27-8-2)21(19(24)29-15(5)6)20(18(23)28-14(3)4)17(22)16-12-10-9-11-13-16/h9-15H,7-8H2,1-6H3. The highest BCUT2D eigenvalue weighted by atomic mass is 31.2. The average Bonchev–Trinajstić information content (AvgIpc) is 2.65. The summed E-state index contributed by atoms with van der Waals surface area (Å²) in [6, 6.07) is 7.66. The van der Waals surface area contributed by atoms with Gasteiger partial charge in [0.25, 0.3) is 5.91 Å². The number of ether oxygens (including phenoxy) is 2. The van der Waals surface area contributed by atoms with Gasteiger partial charge in [-0.15, -0.1) is 9.79 Å². The second-order valence-electron chi connectivity index (χ2n) is 6.44. The number of nitrogens with zero attached hydrogens (tertiary/aromatic N) is 2. The maximum Gasteiger partial charge on any atom is 0.459 e. The van der Waals surface area contributed by atoms with E-state index in [-0.39, 0.29) is 23.6 Å². The Balaban J connectivity index is 3.63. The average molecular weight is 444 g/mol. The minimum absolute atomic E-state index is 0.0418. The quantitative estimate of drug-likeness (QED) is 0.422. The maximum atomic E-state index is 13.5. The fraction of sp³-hybridized carbons (Fsp3) is 0.526. The van der Waals surface area contributed by atoms with E-state index in [2.05, 4.69) is 0 Å². The van der Waals surface area contributed by atoms with E-state index in [1.54, 1.807) is 45.9 Å². The summed E-state index contributed by atoms with van der Waals surface area (Å²) in [4.78, 5) is 38.9. The molecule has 1 rings (SSSR count). The predicted molar refractivity (Wildman–Crippen MR) is 109 cm³/mol. The Labute approximate surface area is 176 Å². The van der Waals surface area contributed by atoms with Gasteiger partial charge in [0, 0.05) is 5.56 Å². The Bertz CT molecular complexity index is 759. The van der Waals surface area contributed by atoms with Gasteiger partial charge in [-0.2, -0.15) is 0 Å². The van der Waals surface area contributed by atoms with Crippen molar-refractivity contribution in [3.63, 3.8) is 0 Å². The molecule has 0 aromatic heterocycles. The minimum atomic E-state index is -4.51. The number of carbonyl (C=O) groups is 3. The smallest absolute Gasteiger partial charge is 0.445 e. The number of benzene rings is 1. The van der Waals surface area contributed by atoms with Gasteiger partial charge in [0.1, 0.15) is 0 Å². The summed E-state index contributed by atoms with van der Waals surface area (Å²) in [5, 5.41) is 0.298. The summed E-state index contributed by atoms with van der Waals surface area (Å²) in [6.45, 7) is 9.01. The highest BCUT2D eigenvalue weighted by molar-refractivity contribution is 7.52. The predicted octanol–water partition coefficient (Wildman–Crippen LogP) is 4.62. The van der Waals surface area contributed by atoms with Crippen molar-refractivity contribution in [3.8, 4) is 0 Å². The van der Waals surface area contributed by atoms with Crippen molar-refractivity contribution < 1.29 is 37.5 Å². The summed E-state index contributed by atoms with van der Waals surface area (Å²) in [7, 11) is -4.51. The van der Waals surface area contributed by atoms with E-state index >= 15 is 0 Å². The van der Waals surface area contributed by atoms with Crippen LogP contribution in [-0.2, 0) is 23.1 Å². The Morgan fingerprint density at radius 2 is 1.33 bits per heavy atom. The molecular formula is C19H29N2O8P. The van der Waals surface area contributed by atoms with Crippen molar-refractivity contribution >= 4 is 25.8 Å². The van der Waals surface area contributed by atoms with E-state index in [0.717, 1.165) is 0 Å². The van der Waals surface area contributed by atoms with Crippen LogP contribution in [0.1, 0.15) is 51.9 Å². The molecule has 3 amide bonds. The lowest BCUT2D eigenvalue weighted by molar-refractivity contribution is -0.00782.